The molecule has 1 aromatic carbocycles. The monoisotopic (exact) mass is 445 g/mol. The fourth-order valence-corrected chi connectivity index (χ4v) is 6.70. The van der Waals surface area contributed by atoms with Crippen molar-refractivity contribution in [2.24, 2.45) is 10.3 Å². The lowest BCUT2D eigenvalue weighted by Crippen LogP contribution is -2.36. The topological polar surface area (TPSA) is 70.1 Å². The van der Waals surface area contributed by atoms with Gasteiger partial charge in [-0.25, -0.2) is 0 Å². The van der Waals surface area contributed by atoms with E-state index >= 15 is 0 Å². The van der Waals surface area contributed by atoms with Crippen LogP contribution in [-0.2, 0) is 14.8 Å². The minimum absolute atomic E-state index is 0.251. The van der Waals surface area contributed by atoms with Crippen molar-refractivity contribution in [2.45, 2.75) is 81.6 Å². The molecule has 2 aliphatic heterocycles. The number of rotatable bonds is 7. The second-order valence-corrected chi connectivity index (χ2v) is 10.9. The highest BCUT2D eigenvalue weighted by molar-refractivity contribution is 7.90. The van der Waals surface area contributed by atoms with E-state index in [9.17, 15) is 13.2 Å². The third-order valence-electron chi connectivity index (χ3n) is 7.19. The second kappa shape index (κ2) is 9.72. The van der Waals surface area contributed by atoms with Crippen LogP contribution >= 0.6 is 0 Å². The average molecular weight is 446 g/mol. The van der Waals surface area contributed by atoms with Crippen LogP contribution in [0.4, 0.5) is 0 Å². The minimum Gasteiger partial charge on any atom is -0.358 e. The van der Waals surface area contributed by atoms with Crippen molar-refractivity contribution in [1.29, 1.82) is 0 Å². The molecule has 1 unspecified atom stereocenters. The predicted molar refractivity (Wildman–Crippen MR) is 123 cm³/mol. The van der Waals surface area contributed by atoms with E-state index in [0.717, 1.165) is 31.7 Å². The van der Waals surface area contributed by atoms with Gasteiger partial charge in [0.05, 0.1) is 0 Å². The van der Waals surface area contributed by atoms with E-state index in [-0.39, 0.29) is 10.8 Å². The fraction of sp³-hybridized carbons (Fsp3) is 0.667. The van der Waals surface area contributed by atoms with E-state index in [1.165, 1.54) is 38.5 Å². The number of hydrogen-bond acceptors (Lipinski definition) is 4. The van der Waals surface area contributed by atoms with Gasteiger partial charge in [0.1, 0.15) is 10.7 Å². The number of benzene rings is 1. The summed E-state index contributed by atoms with van der Waals surface area (Å²) in [7, 11) is -1.76. The molecule has 6 nitrogen and oxygen atoms in total. The molecule has 0 N–H and O–H groups in total. The van der Waals surface area contributed by atoms with Crippen molar-refractivity contribution in [1.82, 2.24) is 9.80 Å². The van der Waals surface area contributed by atoms with E-state index in [4.69, 9.17) is 0 Å². The van der Waals surface area contributed by atoms with Gasteiger partial charge in [0.25, 0.3) is 10.0 Å². The van der Waals surface area contributed by atoms with E-state index in [1.807, 2.05) is 18.0 Å². The van der Waals surface area contributed by atoms with Gasteiger partial charge in [-0.15, -0.1) is 4.40 Å². The van der Waals surface area contributed by atoms with Crippen molar-refractivity contribution >= 4 is 21.8 Å². The van der Waals surface area contributed by atoms with E-state index in [2.05, 4.69) is 9.30 Å². The van der Waals surface area contributed by atoms with Gasteiger partial charge in [-0.05, 0) is 50.2 Å². The molecule has 3 aliphatic rings. The smallest absolute Gasteiger partial charge is 0.285 e. The maximum absolute atomic E-state index is 12.9. The fourth-order valence-electron chi connectivity index (χ4n) is 5.45. The summed E-state index contributed by atoms with van der Waals surface area (Å²) in [6, 6.07) is 7.35. The van der Waals surface area contributed by atoms with Crippen molar-refractivity contribution in [3.05, 3.63) is 29.8 Å². The molecule has 2 fully saturated rings. The SMILES string of the molecule is CN(CCCC(=O)N1CCCC1CCC1CCCCC1)C1=NS(=O)(=O)c2ccccc21. The van der Waals surface area contributed by atoms with Gasteiger partial charge < -0.3 is 9.80 Å². The van der Waals surface area contributed by atoms with Gasteiger partial charge in [-0.3, -0.25) is 4.79 Å². The Kier molecular flexibility index (Phi) is 6.99. The van der Waals surface area contributed by atoms with Crippen molar-refractivity contribution in [3.63, 3.8) is 0 Å². The van der Waals surface area contributed by atoms with Crippen LogP contribution < -0.4 is 0 Å². The van der Waals surface area contributed by atoms with Crippen LogP contribution in [-0.4, -0.2) is 56.1 Å². The summed E-state index contributed by atoms with van der Waals surface area (Å²) >= 11 is 0. The molecule has 2 heterocycles. The number of carbonyl (C=O) groups excluding carboxylic acids is 1. The zero-order valence-electron chi connectivity index (χ0n) is 18.6. The molecule has 1 aromatic rings. The largest absolute Gasteiger partial charge is 0.358 e. The molecule has 0 spiro atoms. The highest BCUT2D eigenvalue weighted by Gasteiger charge is 2.31. The number of carbonyl (C=O) groups is 1. The minimum atomic E-state index is -3.61. The Labute approximate surface area is 186 Å². The normalized spacial score (nSPS) is 22.9. The maximum Gasteiger partial charge on any atom is 0.285 e. The summed E-state index contributed by atoms with van der Waals surface area (Å²) < 4.78 is 28.5. The Morgan fingerprint density at radius 1 is 1.10 bits per heavy atom. The molecule has 1 amide bonds. The van der Waals surface area contributed by atoms with Crippen LogP contribution in [0.2, 0.25) is 0 Å². The molecule has 1 saturated heterocycles. The summed E-state index contributed by atoms with van der Waals surface area (Å²) in [4.78, 5) is 17.1. The molecular formula is C24H35N3O3S. The van der Waals surface area contributed by atoms with Crippen LogP contribution in [0.3, 0.4) is 0 Å². The van der Waals surface area contributed by atoms with E-state index < -0.39 is 10.0 Å². The summed E-state index contributed by atoms with van der Waals surface area (Å²) in [6.07, 6.45) is 12.8. The first-order valence-electron chi connectivity index (χ1n) is 11.9. The Bertz CT molecular complexity index is 922. The first kappa shape index (κ1) is 22.3. The molecule has 0 radical (unpaired) electrons. The van der Waals surface area contributed by atoms with Gasteiger partial charge >= 0.3 is 0 Å². The Morgan fingerprint density at radius 2 is 1.87 bits per heavy atom. The van der Waals surface area contributed by atoms with Crippen LogP contribution in [0, 0.1) is 5.92 Å². The first-order chi connectivity index (χ1) is 15.0. The zero-order chi connectivity index (χ0) is 21.8. The Balaban J connectivity index is 1.26. The molecule has 0 bridgehead atoms. The third kappa shape index (κ3) is 5.13. The van der Waals surface area contributed by atoms with Gasteiger partial charge in [-0.1, -0.05) is 44.2 Å². The number of fused-ring (bicyclic) bond motifs is 1. The molecular weight excluding hydrogens is 410 g/mol. The van der Waals surface area contributed by atoms with Crippen LogP contribution in [0.5, 0.6) is 0 Å². The molecule has 1 saturated carbocycles. The van der Waals surface area contributed by atoms with Crippen molar-refractivity contribution in [2.75, 3.05) is 20.1 Å². The van der Waals surface area contributed by atoms with E-state index in [0.29, 0.717) is 36.8 Å². The molecule has 1 atom stereocenters. The third-order valence-corrected chi connectivity index (χ3v) is 8.51. The van der Waals surface area contributed by atoms with Crippen LogP contribution in [0.25, 0.3) is 0 Å². The molecule has 0 aromatic heterocycles. The lowest BCUT2D eigenvalue weighted by Gasteiger charge is -2.28. The number of nitrogens with zero attached hydrogens (tertiary/aromatic N) is 3. The molecule has 1 aliphatic carbocycles. The van der Waals surface area contributed by atoms with Crippen LogP contribution in [0.1, 0.15) is 76.2 Å². The van der Waals surface area contributed by atoms with E-state index in [1.54, 1.807) is 18.2 Å². The maximum atomic E-state index is 12.9. The Hall–Kier alpha value is -1.89. The lowest BCUT2D eigenvalue weighted by atomic mass is 9.85. The molecule has 7 heteroatoms. The van der Waals surface area contributed by atoms with Crippen molar-refractivity contribution < 1.29 is 13.2 Å². The lowest BCUT2D eigenvalue weighted by molar-refractivity contribution is -0.132. The number of sulfonamides is 1. The number of amides is 1. The van der Waals surface area contributed by atoms with Gasteiger partial charge in [0, 0.05) is 38.2 Å². The average Bonchev–Trinajstić information content (AvgIpc) is 3.35. The quantitative estimate of drug-likeness (QED) is 0.631. The Morgan fingerprint density at radius 3 is 2.68 bits per heavy atom. The summed E-state index contributed by atoms with van der Waals surface area (Å²) in [5, 5.41) is 0. The summed E-state index contributed by atoms with van der Waals surface area (Å²) in [5.74, 6) is 1.60. The molecule has 4 rings (SSSR count). The van der Waals surface area contributed by atoms with Gasteiger partial charge in [0.2, 0.25) is 5.91 Å². The highest BCUT2D eigenvalue weighted by atomic mass is 32.2. The number of hydrogen-bond donors (Lipinski definition) is 0. The highest BCUT2D eigenvalue weighted by Crippen LogP contribution is 2.31. The summed E-state index contributed by atoms with van der Waals surface area (Å²) in [5.41, 5.74) is 0.652. The number of likely N-dealkylation sites (tertiary alicyclic amines) is 1. The van der Waals surface area contributed by atoms with Gasteiger partial charge in [-0.2, -0.15) is 8.42 Å². The first-order valence-corrected chi connectivity index (χ1v) is 13.3. The standard InChI is InChI=1S/C24H35N3O3S/c1-26(24-21-12-5-6-13-22(21)31(29,30)25-24)17-8-14-23(28)27-18-7-11-20(27)16-15-19-9-3-2-4-10-19/h5-6,12-13,19-20H,2-4,7-11,14-18H2,1H3. The second-order valence-electron chi connectivity index (χ2n) is 9.38. The van der Waals surface area contributed by atoms with Crippen LogP contribution in [0.15, 0.2) is 33.6 Å². The molecule has 170 valence electrons. The zero-order valence-corrected chi connectivity index (χ0v) is 19.4. The van der Waals surface area contributed by atoms with Gasteiger partial charge in [0.15, 0.2) is 0 Å². The van der Waals surface area contributed by atoms with Crippen molar-refractivity contribution in [3.8, 4) is 0 Å². The molecule has 31 heavy (non-hydrogen) atoms. The summed E-state index contributed by atoms with van der Waals surface area (Å²) in [6.45, 7) is 1.50. The predicted octanol–water partition coefficient (Wildman–Crippen LogP) is 4.20. The number of amidine groups is 1.